The van der Waals surface area contributed by atoms with Crippen molar-refractivity contribution in [1.82, 2.24) is 5.32 Å². The Labute approximate surface area is 212 Å². The lowest BCUT2D eigenvalue weighted by Crippen LogP contribution is -2.68. The highest BCUT2D eigenvalue weighted by molar-refractivity contribution is 7.99. The topological polar surface area (TPSA) is 137 Å². The van der Waals surface area contributed by atoms with Gasteiger partial charge in [0.2, 0.25) is 6.10 Å². The highest BCUT2D eigenvalue weighted by Gasteiger charge is 2.55. The molecule has 0 aromatic heterocycles. The zero-order valence-corrected chi connectivity index (χ0v) is 23.3. The quantitative estimate of drug-likeness (QED) is 0.377. The van der Waals surface area contributed by atoms with Crippen LogP contribution in [0.5, 0.6) is 0 Å². The third kappa shape index (κ3) is 8.64. The van der Waals surface area contributed by atoms with Gasteiger partial charge < -0.3 is 24.1 Å². The van der Waals surface area contributed by atoms with E-state index in [0.29, 0.717) is 12.3 Å². The summed E-state index contributed by atoms with van der Waals surface area (Å²) in [7, 11) is 1.09. The molecular formula is C24H41NO9S. The van der Waals surface area contributed by atoms with E-state index >= 15 is 0 Å². The van der Waals surface area contributed by atoms with Crippen LogP contribution in [0.25, 0.3) is 0 Å². The summed E-state index contributed by atoms with van der Waals surface area (Å²) in [6.07, 6.45) is -5.12. The lowest BCUT2D eigenvalue weighted by atomic mass is 9.93. The van der Waals surface area contributed by atoms with Gasteiger partial charge in [-0.25, -0.2) is 4.79 Å². The van der Waals surface area contributed by atoms with Crippen molar-refractivity contribution in [2.45, 2.75) is 86.4 Å². The van der Waals surface area contributed by atoms with Gasteiger partial charge in [0.1, 0.15) is 0 Å². The number of carbonyl (C=O) groups excluding carboxylic acids is 4. The first-order valence-electron chi connectivity index (χ1n) is 11.5. The maximum atomic E-state index is 13.0. The van der Waals surface area contributed by atoms with E-state index in [1.165, 1.54) is 11.8 Å². The van der Waals surface area contributed by atoms with Crippen LogP contribution in [0.15, 0.2) is 0 Å². The molecule has 10 nitrogen and oxygen atoms in total. The van der Waals surface area contributed by atoms with E-state index in [0.717, 1.165) is 7.11 Å². The number of aliphatic hydroxyl groups is 1. The summed E-state index contributed by atoms with van der Waals surface area (Å²) in [5.41, 5.74) is -4.92. The first-order valence-corrected chi connectivity index (χ1v) is 12.7. The third-order valence-corrected chi connectivity index (χ3v) is 6.19. The Morgan fingerprint density at radius 1 is 0.829 bits per heavy atom. The van der Waals surface area contributed by atoms with E-state index in [9.17, 15) is 24.3 Å². The smallest absolute Gasteiger partial charge is 0.351 e. The maximum absolute atomic E-state index is 13.0. The van der Waals surface area contributed by atoms with Gasteiger partial charge in [-0.2, -0.15) is 11.8 Å². The van der Waals surface area contributed by atoms with Crippen molar-refractivity contribution in [3.05, 3.63) is 0 Å². The number of ether oxygens (including phenoxy) is 4. The fourth-order valence-corrected chi connectivity index (χ4v) is 3.74. The second kappa shape index (κ2) is 11.5. The molecule has 1 saturated heterocycles. The fraction of sp³-hybridized carbons (Fsp3) is 0.833. The molecule has 0 bridgehead atoms. The first-order chi connectivity index (χ1) is 15.7. The van der Waals surface area contributed by atoms with Gasteiger partial charge in [-0.15, -0.1) is 0 Å². The molecule has 1 heterocycles. The second-order valence-corrected chi connectivity index (χ2v) is 12.8. The van der Waals surface area contributed by atoms with Crippen molar-refractivity contribution < 1.29 is 43.2 Å². The van der Waals surface area contributed by atoms with Crippen LogP contribution in [0, 0.1) is 16.2 Å². The van der Waals surface area contributed by atoms with Crippen LogP contribution in [-0.4, -0.2) is 78.2 Å². The van der Waals surface area contributed by atoms with Crippen molar-refractivity contribution in [2.24, 2.45) is 16.2 Å². The van der Waals surface area contributed by atoms with E-state index in [-0.39, 0.29) is 5.75 Å². The van der Waals surface area contributed by atoms with E-state index in [2.05, 4.69) is 5.32 Å². The van der Waals surface area contributed by atoms with Crippen LogP contribution < -0.4 is 5.32 Å². The Bertz CT molecular complexity index is 786. The molecule has 1 aliphatic heterocycles. The summed E-state index contributed by atoms with van der Waals surface area (Å²) >= 11 is 1.38. The molecule has 11 heteroatoms. The van der Waals surface area contributed by atoms with Gasteiger partial charge in [0.25, 0.3) is 0 Å². The lowest BCUT2D eigenvalue weighted by Gasteiger charge is -2.44. The number of esters is 4. The molecule has 202 valence electrons. The highest BCUT2D eigenvalue weighted by Crippen LogP contribution is 2.32. The number of hydrogen-bond acceptors (Lipinski definition) is 11. The van der Waals surface area contributed by atoms with Gasteiger partial charge in [-0.1, -0.05) is 0 Å². The number of carbonyl (C=O) groups is 4. The molecule has 1 aliphatic rings. The predicted molar refractivity (Wildman–Crippen MR) is 130 cm³/mol. The van der Waals surface area contributed by atoms with E-state index in [4.69, 9.17) is 18.9 Å². The van der Waals surface area contributed by atoms with Crippen LogP contribution in [-0.2, 0) is 38.1 Å². The minimum Gasteiger partial charge on any atom is -0.466 e. The van der Waals surface area contributed by atoms with Crippen LogP contribution in [0.2, 0.25) is 0 Å². The van der Waals surface area contributed by atoms with E-state index in [1.807, 2.05) is 0 Å². The number of methoxy groups -OCH3 is 1. The predicted octanol–water partition coefficient (Wildman–Crippen LogP) is 2.06. The Hall–Kier alpha value is -1.85. The first kappa shape index (κ1) is 31.2. The molecule has 0 spiro atoms. The maximum Gasteiger partial charge on any atom is 0.351 e. The highest BCUT2D eigenvalue weighted by atomic mass is 32.2. The minimum absolute atomic E-state index is 0.0553. The standard InChI is InChI=1S/C24H41NO9S/c1-21(2,3)18(27)32-14(15(17(26)31-10)33-19(28)22(4,5)6)16(34-20(29)23(7,8)9)24(30)13-35-12-11-25-24/h14-16,25,30H,11-13H2,1-10H3/t14-,15-,16+,24?/m1/s1. The molecule has 0 aromatic rings. The molecule has 0 aliphatic carbocycles. The Morgan fingerprint density at radius 3 is 1.69 bits per heavy atom. The Kier molecular flexibility index (Phi) is 10.2. The van der Waals surface area contributed by atoms with Gasteiger partial charge >= 0.3 is 23.9 Å². The summed E-state index contributed by atoms with van der Waals surface area (Å²) in [5, 5.41) is 14.4. The summed E-state index contributed by atoms with van der Waals surface area (Å²) < 4.78 is 21.8. The number of rotatable bonds is 7. The SMILES string of the molecule is COC(=O)[C@H](OC(=O)C(C)(C)C)[C@@H](OC(=O)C(C)(C)C)[C@H](OC(=O)C(C)(C)C)C1(O)CSCCN1. The number of nitrogens with one attached hydrogen (secondary N) is 1. The van der Waals surface area contributed by atoms with Crippen LogP contribution in [0.3, 0.4) is 0 Å². The van der Waals surface area contributed by atoms with Gasteiger partial charge in [-0.3, -0.25) is 19.7 Å². The fourth-order valence-electron chi connectivity index (χ4n) is 2.77. The molecule has 0 saturated carbocycles. The third-order valence-electron chi connectivity index (χ3n) is 5.05. The summed E-state index contributed by atoms with van der Waals surface area (Å²) in [4.78, 5) is 51.6. The van der Waals surface area contributed by atoms with Gasteiger partial charge in [0, 0.05) is 18.1 Å². The molecular weight excluding hydrogens is 478 g/mol. The molecule has 1 rings (SSSR count). The van der Waals surface area contributed by atoms with Gasteiger partial charge in [0.15, 0.2) is 17.9 Å². The van der Waals surface area contributed by atoms with Crippen LogP contribution in [0.1, 0.15) is 62.3 Å². The average molecular weight is 520 g/mol. The molecule has 0 amide bonds. The molecule has 4 atom stereocenters. The van der Waals surface area contributed by atoms with Gasteiger partial charge in [0.05, 0.1) is 23.4 Å². The van der Waals surface area contributed by atoms with E-state index < -0.39 is 64.2 Å². The van der Waals surface area contributed by atoms with Crippen molar-refractivity contribution in [2.75, 3.05) is 25.2 Å². The molecule has 2 N–H and O–H groups in total. The summed E-state index contributed by atoms with van der Waals surface area (Å²) in [6.45, 7) is 14.8. The minimum atomic E-state index is -1.90. The van der Waals surface area contributed by atoms with Crippen molar-refractivity contribution in [3.63, 3.8) is 0 Å². The molecule has 35 heavy (non-hydrogen) atoms. The van der Waals surface area contributed by atoms with E-state index in [1.54, 1.807) is 62.3 Å². The Balaban J connectivity index is 3.70. The molecule has 1 unspecified atom stereocenters. The van der Waals surface area contributed by atoms with Gasteiger partial charge in [-0.05, 0) is 62.3 Å². The lowest BCUT2D eigenvalue weighted by molar-refractivity contribution is -0.223. The molecule has 0 radical (unpaired) electrons. The van der Waals surface area contributed by atoms with Crippen molar-refractivity contribution in [1.29, 1.82) is 0 Å². The number of hydrogen-bond donors (Lipinski definition) is 2. The van der Waals surface area contributed by atoms with Crippen molar-refractivity contribution >= 4 is 35.6 Å². The Morgan fingerprint density at radius 2 is 1.29 bits per heavy atom. The van der Waals surface area contributed by atoms with Crippen molar-refractivity contribution in [3.8, 4) is 0 Å². The average Bonchev–Trinajstić information content (AvgIpc) is 2.71. The number of thioether (sulfide) groups is 1. The monoisotopic (exact) mass is 519 g/mol. The zero-order valence-electron chi connectivity index (χ0n) is 22.5. The molecule has 1 fully saturated rings. The molecule has 0 aromatic carbocycles. The second-order valence-electron chi connectivity index (χ2n) is 11.7. The summed E-state index contributed by atoms with van der Waals surface area (Å²) in [5.74, 6) is -2.54. The summed E-state index contributed by atoms with van der Waals surface area (Å²) in [6, 6.07) is 0. The van der Waals surface area contributed by atoms with Crippen LogP contribution >= 0.6 is 11.8 Å². The van der Waals surface area contributed by atoms with Crippen LogP contribution in [0.4, 0.5) is 0 Å². The largest absolute Gasteiger partial charge is 0.466 e. The normalized spacial score (nSPS) is 21.8. The zero-order chi connectivity index (χ0) is 27.4.